The zero-order valence-electron chi connectivity index (χ0n) is 20.8. The molecule has 1 N–H and O–H groups in total. The van der Waals surface area contributed by atoms with Gasteiger partial charge in [-0.05, 0) is 97.2 Å². The molecule has 0 aliphatic heterocycles. The Morgan fingerprint density at radius 1 is 0.967 bits per heavy atom. The number of fused-ring (bicyclic) bond motifs is 5. The number of rotatable bonds is 4. The highest BCUT2D eigenvalue weighted by Gasteiger charge is 2.59. The van der Waals surface area contributed by atoms with Gasteiger partial charge in [-0.2, -0.15) is 0 Å². The molecule has 0 heterocycles. The summed E-state index contributed by atoms with van der Waals surface area (Å²) in [6.45, 7) is 17.0. The van der Waals surface area contributed by atoms with Gasteiger partial charge in [-0.1, -0.05) is 72.3 Å². The van der Waals surface area contributed by atoms with Crippen molar-refractivity contribution in [3.63, 3.8) is 0 Å². The third-order valence-electron chi connectivity index (χ3n) is 11.0. The average Bonchev–Trinajstić information content (AvgIpc) is 3.06. The number of hydrogen-bond acceptors (Lipinski definition) is 1. The van der Waals surface area contributed by atoms with E-state index < -0.39 is 0 Å². The highest BCUT2D eigenvalue weighted by molar-refractivity contribution is 5.27. The zero-order valence-corrected chi connectivity index (χ0v) is 20.8. The first-order chi connectivity index (χ1) is 14.1. The highest BCUT2D eigenvalue weighted by atomic mass is 16.3. The maximum atomic E-state index is 10.5. The molecule has 170 valence electrons. The van der Waals surface area contributed by atoms with Crippen LogP contribution in [0.25, 0.3) is 0 Å². The maximum absolute atomic E-state index is 10.5. The lowest BCUT2D eigenvalue weighted by Crippen LogP contribution is -2.52. The Hall–Kier alpha value is -0.560. The van der Waals surface area contributed by atoms with Gasteiger partial charge in [0.1, 0.15) is 0 Å². The Kier molecular flexibility index (Phi) is 6.10. The smallest absolute Gasteiger partial charge is 0.0603 e. The number of allylic oxidation sites excluding steroid dienone is 3. The molecular formula is C29H48O. The van der Waals surface area contributed by atoms with Gasteiger partial charge in [0, 0.05) is 5.92 Å². The van der Waals surface area contributed by atoms with E-state index in [1.54, 1.807) is 5.57 Å². The summed E-state index contributed by atoms with van der Waals surface area (Å²) in [6, 6.07) is 0. The van der Waals surface area contributed by atoms with Crippen LogP contribution in [0.2, 0.25) is 0 Å². The first-order valence-corrected chi connectivity index (χ1v) is 13.2. The van der Waals surface area contributed by atoms with Gasteiger partial charge in [-0.15, -0.1) is 0 Å². The van der Waals surface area contributed by atoms with Gasteiger partial charge in [-0.3, -0.25) is 0 Å². The third kappa shape index (κ3) is 3.46. The summed E-state index contributed by atoms with van der Waals surface area (Å²) < 4.78 is 0. The van der Waals surface area contributed by atoms with Gasteiger partial charge in [-0.25, -0.2) is 0 Å². The van der Waals surface area contributed by atoms with Crippen molar-refractivity contribution >= 4 is 0 Å². The van der Waals surface area contributed by atoms with Crippen LogP contribution in [0.4, 0.5) is 0 Å². The molecule has 0 aromatic carbocycles. The van der Waals surface area contributed by atoms with Crippen LogP contribution in [0.1, 0.15) is 93.4 Å². The molecule has 0 amide bonds. The summed E-state index contributed by atoms with van der Waals surface area (Å²) in [5, 5.41) is 10.5. The summed E-state index contributed by atoms with van der Waals surface area (Å²) in [4.78, 5) is 0. The predicted molar refractivity (Wildman–Crippen MR) is 128 cm³/mol. The lowest BCUT2D eigenvalue weighted by atomic mass is 9.46. The maximum Gasteiger partial charge on any atom is 0.0603 e. The first kappa shape index (κ1) is 22.6. The highest BCUT2D eigenvalue weighted by Crippen LogP contribution is 2.67. The molecule has 3 saturated carbocycles. The van der Waals surface area contributed by atoms with Gasteiger partial charge in [0.25, 0.3) is 0 Å². The summed E-state index contributed by atoms with van der Waals surface area (Å²) in [6.07, 6.45) is 16.7. The van der Waals surface area contributed by atoms with E-state index in [-0.39, 0.29) is 6.10 Å². The van der Waals surface area contributed by atoms with Crippen LogP contribution < -0.4 is 0 Å². The molecule has 0 unspecified atom stereocenters. The fourth-order valence-corrected chi connectivity index (χ4v) is 8.67. The Balaban J connectivity index is 1.55. The quantitative estimate of drug-likeness (QED) is 0.470. The molecule has 1 heteroatoms. The summed E-state index contributed by atoms with van der Waals surface area (Å²) in [5.74, 6) is 5.94. The predicted octanol–water partition coefficient (Wildman–Crippen LogP) is 7.66. The van der Waals surface area contributed by atoms with E-state index in [9.17, 15) is 5.11 Å². The monoisotopic (exact) mass is 412 g/mol. The van der Waals surface area contributed by atoms with E-state index >= 15 is 0 Å². The molecule has 10 atom stereocenters. The topological polar surface area (TPSA) is 20.2 Å². The molecule has 0 bridgehead atoms. The zero-order chi connectivity index (χ0) is 21.8. The second-order valence-corrected chi connectivity index (χ2v) is 12.7. The van der Waals surface area contributed by atoms with E-state index in [0.29, 0.717) is 28.6 Å². The van der Waals surface area contributed by atoms with E-state index in [0.717, 1.165) is 36.0 Å². The van der Waals surface area contributed by atoms with Gasteiger partial charge in [0.2, 0.25) is 0 Å². The molecule has 4 rings (SSSR count). The molecular weight excluding hydrogens is 364 g/mol. The van der Waals surface area contributed by atoms with Crippen LogP contribution in [-0.2, 0) is 0 Å². The van der Waals surface area contributed by atoms with Crippen molar-refractivity contribution in [2.24, 2.45) is 58.2 Å². The summed E-state index contributed by atoms with van der Waals surface area (Å²) in [7, 11) is 0. The van der Waals surface area contributed by atoms with Crippen LogP contribution in [0.3, 0.4) is 0 Å². The van der Waals surface area contributed by atoms with Crippen LogP contribution in [-0.4, -0.2) is 11.2 Å². The third-order valence-corrected chi connectivity index (χ3v) is 11.0. The van der Waals surface area contributed by atoms with Crippen molar-refractivity contribution in [2.75, 3.05) is 0 Å². The SMILES string of the molecule is CC(C)[C@@H](C)C=C[C@H](C)[C@H]1CC[C@@H]2[C@@H]3CC=C4[C@@H](C)[C@@H](O)CC[C@]4(C)[C@H]3CC[C@@]21C. The largest absolute Gasteiger partial charge is 0.393 e. The van der Waals surface area contributed by atoms with E-state index in [4.69, 9.17) is 0 Å². The van der Waals surface area contributed by atoms with Crippen molar-refractivity contribution in [1.29, 1.82) is 0 Å². The molecule has 0 spiro atoms. The van der Waals surface area contributed by atoms with Gasteiger partial charge < -0.3 is 5.11 Å². The molecule has 4 aliphatic rings. The van der Waals surface area contributed by atoms with E-state index in [1.807, 2.05) is 0 Å². The Labute approximate surface area is 186 Å². The minimum Gasteiger partial charge on any atom is -0.393 e. The molecule has 1 nitrogen and oxygen atoms in total. The average molecular weight is 413 g/mol. The number of aliphatic hydroxyl groups excluding tert-OH is 1. The van der Waals surface area contributed by atoms with Crippen LogP contribution in [0.5, 0.6) is 0 Å². The summed E-state index contributed by atoms with van der Waals surface area (Å²) in [5.41, 5.74) is 2.48. The standard InChI is InChI=1S/C29H48O/c1-18(2)19(3)8-9-20(4)23-12-13-25-22-10-11-24-21(5)27(30)15-17-29(24,7)26(22)14-16-28(23,25)6/h8-9,11,18-23,25-27,30H,10,12-17H2,1-7H3/t19-,20-,21+,22-,23+,25+,26-,27-,28+,29-/m0/s1. The molecule has 0 aromatic rings. The fraction of sp³-hybridized carbons (Fsp3) is 0.862. The number of hydrogen-bond donors (Lipinski definition) is 1. The molecule has 30 heavy (non-hydrogen) atoms. The van der Waals surface area contributed by atoms with Crippen molar-refractivity contribution in [1.82, 2.24) is 0 Å². The van der Waals surface area contributed by atoms with Crippen molar-refractivity contribution < 1.29 is 5.11 Å². The first-order valence-electron chi connectivity index (χ1n) is 13.2. The summed E-state index contributed by atoms with van der Waals surface area (Å²) >= 11 is 0. The molecule has 0 aromatic heterocycles. The van der Waals surface area contributed by atoms with Gasteiger partial charge >= 0.3 is 0 Å². The Bertz CT molecular complexity index is 688. The molecule has 4 aliphatic carbocycles. The van der Waals surface area contributed by atoms with Crippen molar-refractivity contribution in [3.8, 4) is 0 Å². The molecule has 3 fully saturated rings. The van der Waals surface area contributed by atoms with Crippen LogP contribution in [0, 0.1) is 58.2 Å². The normalized spacial score (nSPS) is 48.1. The van der Waals surface area contributed by atoms with Gasteiger partial charge in [0.05, 0.1) is 6.10 Å². The van der Waals surface area contributed by atoms with Gasteiger partial charge in [0.15, 0.2) is 0 Å². The lowest BCUT2D eigenvalue weighted by molar-refractivity contribution is -0.0617. The second-order valence-electron chi connectivity index (χ2n) is 12.7. The Morgan fingerprint density at radius 2 is 1.70 bits per heavy atom. The van der Waals surface area contributed by atoms with Crippen molar-refractivity contribution in [2.45, 2.75) is 99.5 Å². The minimum absolute atomic E-state index is 0.119. The minimum atomic E-state index is -0.119. The number of aliphatic hydroxyl groups is 1. The van der Waals surface area contributed by atoms with Crippen LogP contribution in [0.15, 0.2) is 23.8 Å². The van der Waals surface area contributed by atoms with E-state index in [1.165, 1.54) is 38.5 Å². The van der Waals surface area contributed by atoms with E-state index in [2.05, 4.69) is 66.7 Å². The second kappa shape index (κ2) is 8.09. The van der Waals surface area contributed by atoms with Crippen LogP contribution >= 0.6 is 0 Å². The molecule has 0 saturated heterocycles. The fourth-order valence-electron chi connectivity index (χ4n) is 8.67. The lowest BCUT2D eigenvalue weighted by Gasteiger charge is -2.59. The molecule has 0 radical (unpaired) electrons. The van der Waals surface area contributed by atoms with Crippen molar-refractivity contribution in [3.05, 3.63) is 23.8 Å². The Morgan fingerprint density at radius 3 is 2.40 bits per heavy atom.